The van der Waals surface area contributed by atoms with Crippen molar-refractivity contribution in [3.05, 3.63) is 11.6 Å². The minimum absolute atomic E-state index is 0.849. The first-order chi connectivity index (χ1) is 9.79. The summed E-state index contributed by atoms with van der Waals surface area (Å²) in [4.78, 5) is 5.65. The Kier molecular flexibility index (Phi) is 4.83. The third-order valence-electron chi connectivity index (χ3n) is 5.98. The molecule has 1 aliphatic carbocycles. The molecule has 0 aromatic carbocycles. The minimum atomic E-state index is 0.849. The molecule has 0 bridgehead atoms. The zero-order valence-corrected chi connectivity index (χ0v) is 13.5. The van der Waals surface area contributed by atoms with Gasteiger partial charge in [-0.05, 0) is 52.0 Å². The van der Waals surface area contributed by atoms with Crippen LogP contribution in [0.4, 0.5) is 0 Å². The molecule has 2 nitrogen and oxygen atoms in total. The van der Waals surface area contributed by atoms with Crippen LogP contribution < -0.4 is 0 Å². The van der Waals surface area contributed by atoms with E-state index in [0.29, 0.717) is 0 Å². The molecule has 2 heterocycles. The number of nitrogens with zero attached hydrogens (tertiary/aromatic N) is 2. The molecule has 0 N–H and O–H groups in total. The Morgan fingerprint density at radius 2 is 1.80 bits per heavy atom. The summed E-state index contributed by atoms with van der Waals surface area (Å²) >= 11 is 0. The van der Waals surface area contributed by atoms with E-state index in [0.717, 1.165) is 18.0 Å². The Hall–Kier alpha value is -0.340. The van der Waals surface area contributed by atoms with Gasteiger partial charge in [0, 0.05) is 31.7 Å². The van der Waals surface area contributed by atoms with E-state index in [4.69, 9.17) is 0 Å². The van der Waals surface area contributed by atoms with Crippen molar-refractivity contribution in [1.82, 2.24) is 9.80 Å². The number of piperazine rings is 1. The second-order valence-electron chi connectivity index (χ2n) is 7.24. The molecule has 0 aromatic heterocycles. The van der Waals surface area contributed by atoms with Crippen LogP contribution in [0.25, 0.3) is 0 Å². The third kappa shape index (κ3) is 2.96. The molecule has 0 spiro atoms. The summed E-state index contributed by atoms with van der Waals surface area (Å²) in [6.07, 6.45) is 12.6. The quantitative estimate of drug-likeness (QED) is 0.726. The molecule has 3 rings (SSSR count). The lowest BCUT2D eigenvalue weighted by Gasteiger charge is -2.49. The lowest BCUT2D eigenvalue weighted by molar-refractivity contribution is 0.00674. The number of fused-ring (bicyclic) bond motifs is 1. The van der Waals surface area contributed by atoms with E-state index in [1.165, 1.54) is 71.1 Å². The summed E-state index contributed by atoms with van der Waals surface area (Å²) < 4.78 is 0. The van der Waals surface area contributed by atoms with E-state index in [-0.39, 0.29) is 0 Å². The molecule has 3 fully saturated rings. The molecule has 1 saturated carbocycles. The maximum atomic E-state index is 2.85. The van der Waals surface area contributed by atoms with Gasteiger partial charge in [-0.25, -0.2) is 0 Å². The Balaban J connectivity index is 1.76. The zero-order chi connectivity index (χ0) is 13.9. The van der Waals surface area contributed by atoms with Crippen molar-refractivity contribution in [2.45, 2.75) is 70.9 Å². The molecule has 2 atom stereocenters. The molecule has 0 aromatic rings. The molecular weight excluding hydrogens is 244 g/mol. The van der Waals surface area contributed by atoms with Gasteiger partial charge in [-0.1, -0.05) is 30.9 Å². The minimum Gasteiger partial charge on any atom is -0.298 e. The van der Waals surface area contributed by atoms with Crippen LogP contribution in [0.15, 0.2) is 11.6 Å². The highest BCUT2D eigenvalue weighted by molar-refractivity contribution is 5.05. The number of hydrogen-bond donors (Lipinski definition) is 0. The van der Waals surface area contributed by atoms with E-state index in [1.54, 1.807) is 5.57 Å². The van der Waals surface area contributed by atoms with Crippen molar-refractivity contribution in [3.63, 3.8) is 0 Å². The van der Waals surface area contributed by atoms with Crippen LogP contribution in [0.3, 0.4) is 0 Å². The summed E-state index contributed by atoms with van der Waals surface area (Å²) in [5.41, 5.74) is 1.55. The van der Waals surface area contributed by atoms with Gasteiger partial charge in [-0.3, -0.25) is 9.80 Å². The highest BCUT2D eigenvalue weighted by Crippen LogP contribution is 2.37. The fraction of sp³-hybridized carbons (Fsp3) is 0.889. The lowest BCUT2D eigenvalue weighted by atomic mass is 9.78. The van der Waals surface area contributed by atoms with Gasteiger partial charge in [0.1, 0.15) is 0 Å². The van der Waals surface area contributed by atoms with Gasteiger partial charge < -0.3 is 0 Å². The molecule has 114 valence electrons. The van der Waals surface area contributed by atoms with Gasteiger partial charge in [-0.2, -0.15) is 0 Å². The molecule has 2 heteroatoms. The summed E-state index contributed by atoms with van der Waals surface area (Å²) in [5.74, 6) is 0.972. The van der Waals surface area contributed by atoms with E-state index in [2.05, 4.69) is 29.7 Å². The Morgan fingerprint density at radius 1 is 1.00 bits per heavy atom. The van der Waals surface area contributed by atoms with Gasteiger partial charge in [0.15, 0.2) is 0 Å². The molecule has 2 aliphatic heterocycles. The second kappa shape index (κ2) is 6.62. The molecule has 2 saturated heterocycles. The average molecular weight is 276 g/mol. The Bertz CT molecular complexity index is 343. The average Bonchev–Trinajstić information content (AvgIpc) is 2.96. The van der Waals surface area contributed by atoms with Crippen molar-refractivity contribution in [2.24, 2.45) is 5.92 Å². The molecule has 3 aliphatic rings. The highest BCUT2D eigenvalue weighted by atomic mass is 15.3. The van der Waals surface area contributed by atoms with E-state index in [1.807, 2.05) is 0 Å². The van der Waals surface area contributed by atoms with Crippen LogP contribution in [0.5, 0.6) is 0 Å². The lowest BCUT2D eigenvalue weighted by Crippen LogP contribution is -2.60. The predicted octanol–water partition coefficient (Wildman–Crippen LogP) is 3.68. The van der Waals surface area contributed by atoms with Crippen molar-refractivity contribution in [1.29, 1.82) is 0 Å². The second-order valence-corrected chi connectivity index (χ2v) is 7.24. The summed E-state index contributed by atoms with van der Waals surface area (Å²) in [6.45, 7) is 9.68. The standard InChI is InChI=1S/C18H32N2/c1-3-15(2)14-20-13-12-19-11-7-10-17(19)18(20)16-8-5-4-6-9-16/h3,16-18H,4-14H2,1-2H3/b15-3+/t17-,18+/m1/s1. The first-order valence-corrected chi connectivity index (χ1v) is 8.89. The fourth-order valence-corrected chi connectivity index (χ4v) is 4.85. The SMILES string of the molecule is C/C=C(\C)CN1CCN2CCC[C@@H]2[C@@H]1C1CCCCC1. The van der Waals surface area contributed by atoms with Crippen LogP contribution in [0.1, 0.15) is 58.8 Å². The monoisotopic (exact) mass is 276 g/mol. The Labute approximate surface area is 125 Å². The molecular formula is C18H32N2. The van der Waals surface area contributed by atoms with Crippen LogP contribution in [0.2, 0.25) is 0 Å². The van der Waals surface area contributed by atoms with Gasteiger partial charge in [0.25, 0.3) is 0 Å². The highest BCUT2D eigenvalue weighted by Gasteiger charge is 2.42. The van der Waals surface area contributed by atoms with Crippen LogP contribution >= 0.6 is 0 Å². The van der Waals surface area contributed by atoms with Gasteiger partial charge in [-0.15, -0.1) is 0 Å². The van der Waals surface area contributed by atoms with Gasteiger partial charge in [0.05, 0.1) is 0 Å². The maximum absolute atomic E-state index is 2.85. The normalized spacial score (nSPS) is 34.4. The smallest absolute Gasteiger partial charge is 0.0283 e. The van der Waals surface area contributed by atoms with E-state index < -0.39 is 0 Å². The summed E-state index contributed by atoms with van der Waals surface area (Å²) in [5, 5.41) is 0. The number of allylic oxidation sites excluding steroid dienone is 1. The van der Waals surface area contributed by atoms with Crippen molar-refractivity contribution < 1.29 is 0 Å². The molecule has 0 amide bonds. The third-order valence-corrected chi connectivity index (χ3v) is 5.98. The first-order valence-electron chi connectivity index (χ1n) is 8.89. The van der Waals surface area contributed by atoms with Crippen molar-refractivity contribution >= 4 is 0 Å². The molecule has 0 radical (unpaired) electrons. The van der Waals surface area contributed by atoms with E-state index >= 15 is 0 Å². The molecule has 0 unspecified atom stereocenters. The maximum Gasteiger partial charge on any atom is 0.0283 e. The van der Waals surface area contributed by atoms with Crippen molar-refractivity contribution in [3.8, 4) is 0 Å². The number of rotatable bonds is 3. The summed E-state index contributed by atoms with van der Waals surface area (Å²) in [7, 11) is 0. The summed E-state index contributed by atoms with van der Waals surface area (Å²) in [6, 6.07) is 1.72. The largest absolute Gasteiger partial charge is 0.298 e. The van der Waals surface area contributed by atoms with Crippen LogP contribution in [0, 0.1) is 5.92 Å². The topological polar surface area (TPSA) is 6.48 Å². The Morgan fingerprint density at radius 3 is 2.55 bits per heavy atom. The molecule has 20 heavy (non-hydrogen) atoms. The van der Waals surface area contributed by atoms with Gasteiger partial charge >= 0.3 is 0 Å². The first kappa shape index (κ1) is 14.6. The van der Waals surface area contributed by atoms with Crippen LogP contribution in [-0.2, 0) is 0 Å². The predicted molar refractivity (Wildman–Crippen MR) is 86.0 cm³/mol. The van der Waals surface area contributed by atoms with Gasteiger partial charge in [0.2, 0.25) is 0 Å². The van der Waals surface area contributed by atoms with E-state index in [9.17, 15) is 0 Å². The van der Waals surface area contributed by atoms with Crippen molar-refractivity contribution in [2.75, 3.05) is 26.2 Å². The number of hydrogen-bond acceptors (Lipinski definition) is 2. The zero-order valence-electron chi connectivity index (χ0n) is 13.5. The fourth-order valence-electron chi connectivity index (χ4n) is 4.85. The van der Waals surface area contributed by atoms with Crippen LogP contribution in [-0.4, -0.2) is 48.1 Å².